The highest BCUT2D eigenvalue weighted by Crippen LogP contribution is 2.36. The fraction of sp³-hybridized carbons (Fsp3) is 0.0556. The maximum atomic E-state index is 12.5. The molecule has 1 heterocycles. The van der Waals surface area contributed by atoms with E-state index in [2.05, 4.69) is 5.32 Å². The quantitative estimate of drug-likeness (QED) is 0.536. The molecule has 1 amide bonds. The Morgan fingerprint density at radius 2 is 1.85 bits per heavy atom. The van der Waals surface area contributed by atoms with E-state index in [1.165, 1.54) is 19.2 Å². The van der Waals surface area contributed by atoms with Crippen molar-refractivity contribution in [3.8, 4) is 17.1 Å². The third kappa shape index (κ3) is 3.75. The molecular weight excluding hydrogens is 399 g/mol. The number of nitrogens with two attached hydrogens (primary N) is 1. The number of anilines is 2. The number of nitrogens with one attached hydrogen (secondary N) is 1. The molecule has 8 heteroatoms. The molecule has 0 aliphatic carbocycles. The predicted molar refractivity (Wildman–Crippen MR) is 105 cm³/mol. The molecule has 3 aromatic rings. The second-order valence-electron chi connectivity index (χ2n) is 5.32. The normalized spacial score (nSPS) is 10.6. The fourth-order valence-corrected chi connectivity index (χ4v) is 3.00. The third-order valence-corrected chi connectivity index (χ3v) is 4.42. The van der Waals surface area contributed by atoms with Crippen molar-refractivity contribution in [1.29, 1.82) is 0 Å². The number of benzene rings is 2. The van der Waals surface area contributed by atoms with Gasteiger partial charge in [-0.25, -0.2) is 0 Å². The summed E-state index contributed by atoms with van der Waals surface area (Å²) in [5, 5.41) is 3.87. The van der Waals surface area contributed by atoms with Crippen molar-refractivity contribution in [1.82, 2.24) is 0 Å². The predicted octanol–water partition coefficient (Wildman–Crippen LogP) is 5.75. The summed E-state index contributed by atoms with van der Waals surface area (Å²) in [6.07, 6.45) is 0. The minimum absolute atomic E-state index is 0.0750. The Labute approximate surface area is 164 Å². The van der Waals surface area contributed by atoms with Gasteiger partial charge in [-0.05, 0) is 36.4 Å². The van der Waals surface area contributed by atoms with Crippen molar-refractivity contribution in [3.05, 3.63) is 63.3 Å². The third-order valence-electron chi connectivity index (χ3n) is 3.56. The average molecular weight is 412 g/mol. The van der Waals surface area contributed by atoms with Crippen molar-refractivity contribution in [3.63, 3.8) is 0 Å². The summed E-state index contributed by atoms with van der Waals surface area (Å²) in [4.78, 5) is 12.5. The van der Waals surface area contributed by atoms with Gasteiger partial charge in [-0.3, -0.25) is 4.79 Å². The van der Waals surface area contributed by atoms with Gasteiger partial charge in [0.05, 0.1) is 17.2 Å². The first kappa shape index (κ1) is 18.5. The minimum Gasteiger partial charge on any atom is -0.494 e. The zero-order chi connectivity index (χ0) is 18.8. The van der Waals surface area contributed by atoms with Crippen molar-refractivity contribution in [2.75, 3.05) is 18.2 Å². The first-order valence-corrected chi connectivity index (χ1v) is 8.52. The van der Waals surface area contributed by atoms with Crippen LogP contribution in [0, 0.1) is 0 Å². The van der Waals surface area contributed by atoms with E-state index in [1.807, 2.05) is 0 Å². The number of rotatable bonds is 4. The Bertz CT molecular complexity index is 986. The molecule has 0 aliphatic heterocycles. The lowest BCUT2D eigenvalue weighted by Gasteiger charge is -2.12. The fourth-order valence-electron chi connectivity index (χ4n) is 2.35. The number of nitrogen functional groups attached to an aromatic ring is 1. The van der Waals surface area contributed by atoms with E-state index in [0.717, 1.165) is 0 Å². The molecule has 0 spiro atoms. The lowest BCUT2D eigenvalue weighted by atomic mass is 10.2. The summed E-state index contributed by atoms with van der Waals surface area (Å²) in [5.41, 5.74) is 7.02. The van der Waals surface area contributed by atoms with Gasteiger partial charge in [0.15, 0.2) is 5.76 Å². The number of amides is 1. The Morgan fingerprint density at radius 3 is 2.58 bits per heavy atom. The highest BCUT2D eigenvalue weighted by Gasteiger charge is 2.18. The van der Waals surface area contributed by atoms with Gasteiger partial charge in [0.2, 0.25) is 0 Å². The number of methoxy groups -OCH3 is 1. The van der Waals surface area contributed by atoms with Crippen LogP contribution >= 0.6 is 34.8 Å². The number of ether oxygens (including phenoxy) is 1. The molecule has 0 radical (unpaired) electrons. The van der Waals surface area contributed by atoms with E-state index in [-0.39, 0.29) is 10.8 Å². The minimum atomic E-state index is -0.501. The highest BCUT2D eigenvalue weighted by atomic mass is 35.5. The van der Waals surface area contributed by atoms with Gasteiger partial charge in [0, 0.05) is 22.3 Å². The number of carbonyl (C=O) groups is 1. The zero-order valence-electron chi connectivity index (χ0n) is 13.5. The second kappa shape index (κ2) is 7.50. The van der Waals surface area contributed by atoms with Crippen LogP contribution in [0.25, 0.3) is 11.3 Å². The molecule has 5 nitrogen and oxygen atoms in total. The molecule has 1 aromatic heterocycles. The first-order valence-electron chi connectivity index (χ1n) is 7.38. The SMILES string of the molecule is COc1cc(N)cc(Cl)c1NC(=O)c1ccc(-c2cc(Cl)ccc2Cl)o1. The number of hydrogen-bond donors (Lipinski definition) is 2. The van der Waals surface area contributed by atoms with E-state index < -0.39 is 5.91 Å². The molecule has 0 saturated carbocycles. The number of carbonyl (C=O) groups excluding carboxylic acids is 1. The van der Waals surface area contributed by atoms with Crippen LogP contribution in [-0.2, 0) is 0 Å². The monoisotopic (exact) mass is 410 g/mol. The lowest BCUT2D eigenvalue weighted by Crippen LogP contribution is -2.12. The van der Waals surface area contributed by atoms with Gasteiger partial charge in [-0.2, -0.15) is 0 Å². The Balaban J connectivity index is 1.89. The molecule has 2 aromatic carbocycles. The lowest BCUT2D eigenvalue weighted by molar-refractivity contribution is 0.0997. The summed E-state index contributed by atoms with van der Waals surface area (Å²) in [7, 11) is 1.45. The number of hydrogen-bond acceptors (Lipinski definition) is 4. The summed E-state index contributed by atoms with van der Waals surface area (Å²) >= 11 is 18.3. The Hall–Kier alpha value is -2.34. The maximum absolute atomic E-state index is 12.5. The molecule has 0 atom stereocenters. The van der Waals surface area contributed by atoms with E-state index >= 15 is 0 Å². The van der Waals surface area contributed by atoms with E-state index in [9.17, 15) is 4.79 Å². The van der Waals surface area contributed by atoms with Crippen molar-refractivity contribution in [2.24, 2.45) is 0 Å². The van der Waals surface area contributed by atoms with Crippen molar-refractivity contribution in [2.45, 2.75) is 0 Å². The van der Waals surface area contributed by atoms with Crippen molar-refractivity contribution < 1.29 is 13.9 Å². The van der Waals surface area contributed by atoms with Crippen LogP contribution in [0.5, 0.6) is 5.75 Å². The maximum Gasteiger partial charge on any atom is 0.291 e. The Kier molecular flexibility index (Phi) is 5.32. The van der Waals surface area contributed by atoms with Gasteiger partial charge >= 0.3 is 0 Å². The average Bonchev–Trinajstić information content (AvgIpc) is 3.09. The Morgan fingerprint density at radius 1 is 1.08 bits per heavy atom. The van der Waals surface area contributed by atoms with Crippen LogP contribution in [0.3, 0.4) is 0 Å². The second-order valence-corrected chi connectivity index (χ2v) is 6.57. The number of halogens is 3. The van der Waals surface area contributed by atoms with Crippen LogP contribution in [0.4, 0.5) is 11.4 Å². The summed E-state index contributed by atoms with van der Waals surface area (Å²) < 4.78 is 10.8. The van der Waals surface area contributed by atoms with Crippen LogP contribution in [0.1, 0.15) is 10.6 Å². The van der Waals surface area contributed by atoms with Gasteiger partial charge in [-0.1, -0.05) is 34.8 Å². The summed E-state index contributed by atoms with van der Waals surface area (Å²) in [5.74, 6) is 0.330. The van der Waals surface area contributed by atoms with Gasteiger partial charge in [0.1, 0.15) is 17.2 Å². The van der Waals surface area contributed by atoms with Crippen LogP contribution in [0.2, 0.25) is 15.1 Å². The molecule has 0 aliphatic rings. The number of furan rings is 1. The molecule has 0 fully saturated rings. The van der Waals surface area contributed by atoms with E-state index in [0.29, 0.717) is 38.5 Å². The molecule has 26 heavy (non-hydrogen) atoms. The summed E-state index contributed by atoms with van der Waals surface area (Å²) in [6.45, 7) is 0. The van der Waals surface area contributed by atoms with Crippen LogP contribution in [-0.4, -0.2) is 13.0 Å². The molecule has 134 valence electrons. The zero-order valence-corrected chi connectivity index (χ0v) is 15.7. The van der Waals surface area contributed by atoms with Gasteiger partial charge < -0.3 is 20.2 Å². The smallest absolute Gasteiger partial charge is 0.291 e. The van der Waals surface area contributed by atoms with Crippen LogP contribution < -0.4 is 15.8 Å². The molecular formula is C18H13Cl3N2O3. The molecule has 0 saturated heterocycles. The van der Waals surface area contributed by atoms with Gasteiger partial charge in [0.25, 0.3) is 5.91 Å². The summed E-state index contributed by atoms with van der Waals surface area (Å²) in [6, 6.07) is 11.2. The van der Waals surface area contributed by atoms with E-state index in [1.54, 1.807) is 30.3 Å². The van der Waals surface area contributed by atoms with E-state index in [4.69, 9.17) is 49.7 Å². The van der Waals surface area contributed by atoms with Gasteiger partial charge in [-0.15, -0.1) is 0 Å². The molecule has 0 unspecified atom stereocenters. The first-order chi connectivity index (χ1) is 12.4. The molecule has 0 bridgehead atoms. The topological polar surface area (TPSA) is 77.5 Å². The molecule has 3 rings (SSSR count). The van der Waals surface area contributed by atoms with Crippen molar-refractivity contribution >= 4 is 52.1 Å². The largest absolute Gasteiger partial charge is 0.494 e. The standard InChI is InChI=1S/C18H13Cl3N2O3/c1-25-16-8-10(22)7-13(21)17(16)23-18(24)15-5-4-14(26-15)11-6-9(19)2-3-12(11)20/h2-8H,22H2,1H3,(H,23,24). The molecule has 3 N–H and O–H groups in total. The highest BCUT2D eigenvalue weighted by molar-refractivity contribution is 6.35. The van der Waals surface area contributed by atoms with Crippen LogP contribution in [0.15, 0.2) is 46.9 Å².